The molecule has 2 aromatic carbocycles. The lowest BCUT2D eigenvalue weighted by Gasteiger charge is -2.14. The minimum absolute atomic E-state index is 0.393. The van der Waals surface area contributed by atoms with Gasteiger partial charge in [-0.2, -0.15) is 0 Å². The predicted molar refractivity (Wildman–Crippen MR) is 81.7 cm³/mol. The number of benzene rings is 2. The molecule has 0 unspecified atom stereocenters. The van der Waals surface area contributed by atoms with Gasteiger partial charge in [0.1, 0.15) is 5.75 Å². The van der Waals surface area contributed by atoms with Crippen LogP contribution in [0.4, 0.5) is 0 Å². The van der Waals surface area contributed by atoms with E-state index < -0.39 is 5.97 Å². The second-order valence-electron chi connectivity index (χ2n) is 4.68. The van der Waals surface area contributed by atoms with Gasteiger partial charge in [0, 0.05) is 11.1 Å². The van der Waals surface area contributed by atoms with E-state index >= 15 is 0 Å². The van der Waals surface area contributed by atoms with Crippen molar-refractivity contribution in [1.29, 1.82) is 0 Å². The van der Waals surface area contributed by atoms with E-state index in [-0.39, 0.29) is 0 Å². The summed E-state index contributed by atoms with van der Waals surface area (Å²) in [6.45, 7) is 7.36. The molecule has 0 aromatic heterocycles. The Morgan fingerprint density at radius 1 is 1.10 bits per heavy atom. The van der Waals surface area contributed by atoms with Gasteiger partial charge in [0.2, 0.25) is 0 Å². The van der Waals surface area contributed by atoms with Crippen molar-refractivity contribution < 1.29 is 9.53 Å². The number of aryl methyl sites for hydroxylation is 1. The lowest BCUT2D eigenvalue weighted by atomic mass is 9.97. The first kappa shape index (κ1) is 14.1. The van der Waals surface area contributed by atoms with Crippen molar-refractivity contribution in [1.82, 2.24) is 0 Å². The lowest BCUT2D eigenvalue weighted by molar-refractivity contribution is -0.130. The van der Waals surface area contributed by atoms with Crippen LogP contribution in [-0.2, 0) is 11.2 Å². The topological polar surface area (TPSA) is 26.3 Å². The fraction of sp³-hybridized carbons (Fsp3) is 0.167. The van der Waals surface area contributed by atoms with Crippen LogP contribution in [0.3, 0.4) is 0 Å². The van der Waals surface area contributed by atoms with Crippen LogP contribution in [0.2, 0.25) is 0 Å². The van der Waals surface area contributed by atoms with Crippen LogP contribution in [0, 0.1) is 0 Å². The molecule has 0 aliphatic rings. The molecule has 0 aliphatic carbocycles. The second kappa shape index (κ2) is 6.20. The Morgan fingerprint density at radius 3 is 2.40 bits per heavy atom. The Balaban J connectivity index is 2.52. The normalized spacial score (nSPS) is 10.1. The molecule has 0 saturated carbocycles. The van der Waals surface area contributed by atoms with E-state index in [0.717, 1.165) is 23.1 Å². The molecule has 0 fully saturated rings. The summed E-state index contributed by atoms with van der Waals surface area (Å²) in [7, 11) is 0. The fourth-order valence-corrected chi connectivity index (χ4v) is 2.08. The minimum atomic E-state index is -0.393. The van der Waals surface area contributed by atoms with Crippen LogP contribution >= 0.6 is 0 Å². The lowest BCUT2D eigenvalue weighted by Crippen LogP contribution is -2.09. The second-order valence-corrected chi connectivity index (χ2v) is 4.68. The molecule has 0 spiro atoms. The number of esters is 1. The summed E-state index contributed by atoms with van der Waals surface area (Å²) in [5, 5.41) is 0. The molecule has 0 amide bonds. The number of hydrogen-bond donors (Lipinski definition) is 0. The SMILES string of the molecule is C=C(C)C(=O)Oc1cccc(CC)c1-c1ccccc1. The predicted octanol–water partition coefficient (Wildman–Crippen LogP) is 4.40. The monoisotopic (exact) mass is 266 g/mol. The first-order valence-electron chi connectivity index (χ1n) is 6.68. The van der Waals surface area contributed by atoms with Gasteiger partial charge in [-0.05, 0) is 30.5 Å². The Morgan fingerprint density at radius 2 is 1.80 bits per heavy atom. The highest BCUT2D eigenvalue weighted by Gasteiger charge is 2.14. The molecule has 102 valence electrons. The summed E-state index contributed by atoms with van der Waals surface area (Å²) in [4.78, 5) is 11.8. The van der Waals surface area contributed by atoms with Crippen molar-refractivity contribution in [3.8, 4) is 16.9 Å². The van der Waals surface area contributed by atoms with Crippen molar-refractivity contribution in [3.63, 3.8) is 0 Å². The van der Waals surface area contributed by atoms with E-state index in [1.807, 2.05) is 42.5 Å². The number of carbonyl (C=O) groups is 1. The summed E-state index contributed by atoms with van der Waals surface area (Å²) in [5.74, 6) is 0.194. The van der Waals surface area contributed by atoms with E-state index in [1.54, 1.807) is 6.92 Å². The molecule has 2 rings (SSSR count). The largest absolute Gasteiger partial charge is 0.423 e. The Labute approximate surface area is 119 Å². The molecule has 20 heavy (non-hydrogen) atoms. The quantitative estimate of drug-likeness (QED) is 0.466. The maximum Gasteiger partial charge on any atom is 0.338 e. The summed E-state index contributed by atoms with van der Waals surface area (Å²) < 4.78 is 5.47. The fourth-order valence-electron chi connectivity index (χ4n) is 2.08. The molecule has 2 heteroatoms. The van der Waals surface area contributed by atoms with Gasteiger partial charge in [0.15, 0.2) is 0 Å². The summed E-state index contributed by atoms with van der Waals surface area (Å²) in [5.41, 5.74) is 3.58. The maximum absolute atomic E-state index is 11.8. The van der Waals surface area contributed by atoms with Crippen LogP contribution in [-0.4, -0.2) is 5.97 Å². The summed E-state index contributed by atoms with van der Waals surface area (Å²) in [6.07, 6.45) is 0.878. The molecule has 0 atom stereocenters. The number of rotatable bonds is 4. The molecule has 0 bridgehead atoms. The van der Waals surface area contributed by atoms with Gasteiger partial charge >= 0.3 is 5.97 Å². The molecular formula is C18H18O2. The van der Waals surface area contributed by atoms with Gasteiger partial charge in [0.25, 0.3) is 0 Å². The van der Waals surface area contributed by atoms with Crippen LogP contribution in [0.1, 0.15) is 19.4 Å². The zero-order valence-corrected chi connectivity index (χ0v) is 11.8. The average Bonchev–Trinajstić information content (AvgIpc) is 2.47. The molecule has 2 aromatic rings. The number of hydrogen-bond acceptors (Lipinski definition) is 2. The van der Waals surface area contributed by atoms with Crippen LogP contribution in [0.25, 0.3) is 11.1 Å². The van der Waals surface area contributed by atoms with E-state index in [1.165, 1.54) is 0 Å². The van der Waals surface area contributed by atoms with Crippen molar-refractivity contribution in [2.75, 3.05) is 0 Å². The van der Waals surface area contributed by atoms with Crippen molar-refractivity contribution in [2.24, 2.45) is 0 Å². The zero-order valence-electron chi connectivity index (χ0n) is 11.8. The first-order chi connectivity index (χ1) is 9.63. The van der Waals surface area contributed by atoms with Crippen molar-refractivity contribution in [3.05, 3.63) is 66.2 Å². The molecular weight excluding hydrogens is 248 g/mol. The third kappa shape index (κ3) is 2.97. The van der Waals surface area contributed by atoms with Gasteiger partial charge in [0.05, 0.1) is 0 Å². The molecule has 0 aliphatic heterocycles. The highest BCUT2D eigenvalue weighted by Crippen LogP contribution is 2.34. The highest BCUT2D eigenvalue weighted by molar-refractivity contribution is 5.90. The van der Waals surface area contributed by atoms with Crippen molar-refractivity contribution in [2.45, 2.75) is 20.3 Å². The Hall–Kier alpha value is -2.35. The maximum atomic E-state index is 11.8. The molecule has 0 heterocycles. The number of ether oxygens (including phenoxy) is 1. The minimum Gasteiger partial charge on any atom is -0.423 e. The third-order valence-corrected chi connectivity index (χ3v) is 3.11. The van der Waals surface area contributed by atoms with Gasteiger partial charge in [-0.15, -0.1) is 0 Å². The zero-order chi connectivity index (χ0) is 14.5. The Kier molecular flexibility index (Phi) is 4.36. The van der Waals surface area contributed by atoms with Crippen LogP contribution in [0.15, 0.2) is 60.7 Å². The van der Waals surface area contributed by atoms with Crippen LogP contribution in [0.5, 0.6) is 5.75 Å². The highest BCUT2D eigenvalue weighted by atomic mass is 16.5. The van der Waals surface area contributed by atoms with E-state index in [2.05, 4.69) is 19.6 Å². The molecule has 2 nitrogen and oxygen atoms in total. The van der Waals surface area contributed by atoms with E-state index in [0.29, 0.717) is 11.3 Å². The third-order valence-electron chi connectivity index (χ3n) is 3.11. The first-order valence-corrected chi connectivity index (χ1v) is 6.68. The Bertz CT molecular complexity index is 627. The van der Waals surface area contributed by atoms with Gasteiger partial charge in [-0.1, -0.05) is 56.0 Å². The molecule has 0 N–H and O–H groups in total. The van der Waals surface area contributed by atoms with Crippen LogP contribution < -0.4 is 4.74 Å². The van der Waals surface area contributed by atoms with E-state index in [9.17, 15) is 4.79 Å². The molecule has 0 radical (unpaired) electrons. The van der Waals surface area contributed by atoms with E-state index in [4.69, 9.17) is 4.74 Å². The van der Waals surface area contributed by atoms with Gasteiger partial charge in [-0.25, -0.2) is 4.79 Å². The van der Waals surface area contributed by atoms with Crippen molar-refractivity contribution >= 4 is 5.97 Å². The van der Waals surface area contributed by atoms with Gasteiger partial charge < -0.3 is 4.74 Å². The van der Waals surface area contributed by atoms with Gasteiger partial charge in [-0.3, -0.25) is 0 Å². The standard InChI is InChI=1S/C18H18O2/c1-4-14-11-8-12-16(20-18(19)13(2)3)17(14)15-9-6-5-7-10-15/h5-12H,2,4H2,1,3H3. The smallest absolute Gasteiger partial charge is 0.338 e. The summed E-state index contributed by atoms with van der Waals surface area (Å²) >= 11 is 0. The average molecular weight is 266 g/mol. The molecule has 0 saturated heterocycles. The number of carbonyl (C=O) groups excluding carboxylic acids is 1. The summed E-state index contributed by atoms with van der Waals surface area (Å²) in [6, 6.07) is 15.8.